The molecule has 1 aromatic carbocycles. The average molecular weight is 204 g/mol. The van der Waals surface area contributed by atoms with Gasteiger partial charge in [0, 0.05) is 6.42 Å². The normalized spacial score (nSPS) is 15.9. The third-order valence-corrected chi connectivity index (χ3v) is 3.27. The van der Waals surface area contributed by atoms with Gasteiger partial charge in [-0.3, -0.25) is 0 Å². The summed E-state index contributed by atoms with van der Waals surface area (Å²) in [6.07, 6.45) is 5.01. The number of benzene rings is 1. The van der Waals surface area contributed by atoms with Gasteiger partial charge in [0.25, 0.3) is 0 Å². The van der Waals surface area contributed by atoms with Crippen LogP contribution in [0.15, 0.2) is 18.2 Å². The summed E-state index contributed by atoms with van der Waals surface area (Å²) in [7, 11) is 0. The fourth-order valence-electron chi connectivity index (χ4n) is 2.19. The molecule has 0 aliphatic carbocycles. The van der Waals surface area contributed by atoms with Gasteiger partial charge in [0.15, 0.2) is 0 Å². The Morgan fingerprint density at radius 3 is 3.07 bits per heavy atom. The average Bonchev–Trinajstić information content (AvgIpc) is 2.72. The zero-order valence-electron chi connectivity index (χ0n) is 9.75. The summed E-state index contributed by atoms with van der Waals surface area (Å²) in [6, 6.07) is 6.70. The highest BCUT2D eigenvalue weighted by Crippen LogP contribution is 2.30. The van der Waals surface area contributed by atoms with Gasteiger partial charge >= 0.3 is 0 Å². The second-order valence-electron chi connectivity index (χ2n) is 4.51. The molecule has 1 heteroatoms. The number of hydrogen-bond acceptors (Lipinski definition) is 1. The van der Waals surface area contributed by atoms with Crippen LogP contribution in [0.2, 0.25) is 0 Å². The Labute approximate surface area is 92.5 Å². The van der Waals surface area contributed by atoms with Crippen LogP contribution in [0.25, 0.3) is 0 Å². The second kappa shape index (κ2) is 4.69. The Kier molecular flexibility index (Phi) is 3.30. The van der Waals surface area contributed by atoms with E-state index < -0.39 is 0 Å². The molecule has 1 atom stereocenters. The van der Waals surface area contributed by atoms with Gasteiger partial charge in [0.05, 0.1) is 6.61 Å². The summed E-state index contributed by atoms with van der Waals surface area (Å²) in [6.45, 7) is 5.44. The van der Waals surface area contributed by atoms with Gasteiger partial charge in [-0.25, -0.2) is 0 Å². The van der Waals surface area contributed by atoms with Gasteiger partial charge < -0.3 is 4.74 Å². The number of hydrogen-bond donors (Lipinski definition) is 0. The van der Waals surface area contributed by atoms with Crippen molar-refractivity contribution in [3.63, 3.8) is 0 Å². The van der Waals surface area contributed by atoms with Crippen LogP contribution in [0.4, 0.5) is 0 Å². The minimum Gasteiger partial charge on any atom is -0.493 e. The van der Waals surface area contributed by atoms with Crippen LogP contribution in [0.1, 0.15) is 50.2 Å². The van der Waals surface area contributed by atoms with Crippen LogP contribution in [0.3, 0.4) is 0 Å². The fraction of sp³-hybridized carbons (Fsp3) is 0.571. The lowest BCUT2D eigenvalue weighted by Gasteiger charge is -2.12. The first-order chi connectivity index (χ1) is 7.31. The first kappa shape index (κ1) is 10.5. The summed E-state index contributed by atoms with van der Waals surface area (Å²) >= 11 is 0. The molecule has 0 aromatic heterocycles. The zero-order chi connectivity index (χ0) is 10.7. The largest absolute Gasteiger partial charge is 0.493 e. The van der Waals surface area contributed by atoms with E-state index in [1.165, 1.54) is 30.4 Å². The smallest absolute Gasteiger partial charge is 0.122 e. The molecule has 1 aromatic rings. The lowest BCUT2D eigenvalue weighted by atomic mass is 9.94. The van der Waals surface area contributed by atoms with Crippen molar-refractivity contribution in [1.82, 2.24) is 0 Å². The van der Waals surface area contributed by atoms with E-state index in [-0.39, 0.29) is 0 Å². The molecular formula is C14H20O. The first-order valence-electron chi connectivity index (χ1n) is 6.07. The van der Waals surface area contributed by atoms with Crippen LogP contribution in [-0.4, -0.2) is 6.61 Å². The monoisotopic (exact) mass is 204 g/mol. The number of fused-ring (bicyclic) bond motifs is 1. The summed E-state index contributed by atoms with van der Waals surface area (Å²) in [4.78, 5) is 0. The molecule has 0 fully saturated rings. The molecule has 1 nitrogen and oxygen atoms in total. The van der Waals surface area contributed by atoms with Gasteiger partial charge in [-0.2, -0.15) is 0 Å². The standard InChI is InChI=1S/C14H20O/c1-3-4-5-11(2)12-6-7-14-13(10-12)8-9-15-14/h6-7,10-11H,3-5,8-9H2,1-2H3. The Morgan fingerprint density at radius 2 is 2.27 bits per heavy atom. The van der Waals surface area contributed by atoms with Crippen molar-refractivity contribution in [2.24, 2.45) is 0 Å². The number of rotatable bonds is 4. The van der Waals surface area contributed by atoms with Crippen LogP contribution in [-0.2, 0) is 6.42 Å². The number of ether oxygens (including phenoxy) is 1. The Hall–Kier alpha value is -0.980. The third-order valence-electron chi connectivity index (χ3n) is 3.27. The van der Waals surface area contributed by atoms with Gasteiger partial charge in [-0.05, 0) is 29.5 Å². The van der Waals surface area contributed by atoms with Crippen molar-refractivity contribution in [2.75, 3.05) is 6.61 Å². The van der Waals surface area contributed by atoms with Gasteiger partial charge in [0.1, 0.15) is 5.75 Å². The molecule has 0 bridgehead atoms. The lowest BCUT2D eigenvalue weighted by Crippen LogP contribution is -1.94. The summed E-state index contributed by atoms with van der Waals surface area (Å²) in [5.41, 5.74) is 2.88. The zero-order valence-corrected chi connectivity index (χ0v) is 9.75. The van der Waals surface area contributed by atoms with E-state index in [0.29, 0.717) is 5.92 Å². The molecule has 1 unspecified atom stereocenters. The van der Waals surface area contributed by atoms with Crippen molar-refractivity contribution in [1.29, 1.82) is 0 Å². The molecule has 15 heavy (non-hydrogen) atoms. The van der Waals surface area contributed by atoms with Crippen molar-refractivity contribution >= 4 is 0 Å². The predicted octanol–water partition coefficient (Wildman–Crippen LogP) is 3.92. The topological polar surface area (TPSA) is 9.23 Å². The molecule has 0 saturated carbocycles. The fourth-order valence-corrected chi connectivity index (χ4v) is 2.19. The molecule has 1 aliphatic rings. The van der Waals surface area contributed by atoms with Crippen LogP contribution >= 0.6 is 0 Å². The highest BCUT2D eigenvalue weighted by atomic mass is 16.5. The molecule has 0 amide bonds. The quantitative estimate of drug-likeness (QED) is 0.722. The molecule has 0 N–H and O–H groups in total. The van der Waals surface area contributed by atoms with E-state index in [0.717, 1.165) is 18.8 Å². The van der Waals surface area contributed by atoms with Gasteiger partial charge in [-0.15, -0.1) is 0 Å². The second-order valence-corrected chi connectivity index (χ2v) is 4.51. The summed E-state index contributed by atoms with van der Waals surface area (Å²) in [5, 5.41) is 0. The highest BCUT2D eigenvalue weighted by molar-refractivity contribution is 5.40. The van der Waals surface area contributed by atoms with Crippen LogP contribution in [0, 0.1) is 0 Å². The molecule has 82 valence electrons. The van der Waals surface area contributed by atoms with E-state index in [1.807, 2.05) is 0 Å². The maximum Gasteiger partial charge on any atom is 0.122 e. The van der Waals surface area contributed by atoms with Crippen molar-refractivity contribution < 1.29 is 4.74 Å². The summed E-state index contributed by atoms with van der Waals surface area (Å²) in [5.74, 6) is 1.79. The van der Waals surface area contributed by atoms with E-state index in [4.69, 9.17) is 4.74 Å². The molecule has 0 radical (unpaired) electrons. The third kappa shape index (κ3) is 2.34. The van der Waals surface area contributed by atoms with Gasteiger partial charge in [-0.1, -0.05) is 38.8 Å². The van der Waals surface area contributed by atoms with Crippen molar-refractivity contribution in [3.05, 3.63) is 29.3 Å². The van der Waals surface area contributed by atoms with Gasteiger partial charge in [0.2, 0.25) is 0 Å². The van der Waals surface area contributed by atoms with Crippen LogP contribution in [0.5, 0.6) is 5.75 Å². The molecule has 1 heterocycles. The maximum atomic E-state index is 5.51. The maximum absolute atomic E-state index is 5.51. The first-order valence-corrected chi connectivity index (χ1v) is 6.07. The molecule has 2 rings (SSSR count). The SMILES string of the molecule is CCCCC(C)c1ccc2c(c1)CCO2. The van der Waals surface area contributed by atoms with Crippen LogP contribution < -0.4 is 4.74 Å². The van der Waals surface area contributed by atoms with E-state index >= 15 is 0 Å². The van der Waals surface area contributed by atoms with Crippen molar-refractivity contribution in [3.8, 4) is 5.75 Å². The van der Waals surface area contributed by atoms with E-state index in [2.05, 4.69) is 32.0 Å². The Morgan fingerprint density at radius 1 is 1.40 bits per heavy atom. The molecule has 0 spiro atoms. The molecule has 0 saturated heterocycles. The Bertz CT molecular complexity index is 330. The van der Waals surface area contributed by atoms with E-state index in [9.17, 15) is 0 Å². The minimum atomic E-state index is 0.691. The molecule has 1 aliphatic heterocycles. The minimum absolute atomic E-state index is 0.691. The van der Waals surface area contributed by atoms with Crippen molar-refractivity contribution in [2.45, 2.75) is 45.4 Å². The highest BCUT2D eigenvalue weighted by Gasteiger charge is 2.14. The Balaban J connectivity index is 2.08. The number of unbranched alkanes of at least 4 members (excludes halogenated alkanes) is 1. The predicted molar refractivity (Wildman–Crippen MR) is 63.6 cm³/mol. The lowest BCUT2D eigenvalue weighted by molar-refractivity contribution is 0.357. The molecular weight excluding hydrogens is 184 g/mol. The van der Waals surface area contributed by atoms with E-state index in [1.54, 1.807) is 0 Å². The summed E-state index contributed by atoms with van der Waals surface area (Å²) < 4.78 is 5.51.